The van der Waals surface area contributed by atoms with E-state index in [9.17, 15) is 4.79 Å². The van der Waals surface area contributed by atoms with E-state index in [1.54, 1.807) is 0 Å². The van der Waals surface area contributed by atoms with Crippen molar-refractivity contribution in [3.63, 3.8) is 0 Å². The van der Waals surface area contributed by atoms with Crippen LogP contribution in [0.1, 0.15) is 29.4 Å². The van der Waals surface area contributed by atoms with Crippen molar-refractivity contribution in [3.8, 4) is 0 Å². The molecule has 0 saturated carbocycles. The molecule has 2 N–H and O–H groups in total. The average molecular weight is 304 g/mol. The smallest absolute Gasteiger partial charge is 0.264 e. The largest absolute Gasteiger partial charge is 0.399 e. The number of hydrogen-bond acceptors (Lipinski definition) is 4. The van der Waals surface area contributed by atoms with E-state index in [2.05, 4.69) is 0 Å². The van der Waals surface area contributed by atoms with Gasteiger partial charge < -0.3 is 15.4 Å². The number of rotatable bonds is 3. The van der Waals surface area contributed by atoms with Gasteiger partial charge in [0.2, 0.25) is 0 Å². The van der Waals surface area contributed by atoms with Crippen LogP contribution in [0.2, 0.25) is 0 Å². The molecule has 4 nitrogen and oxygen atoms in total. The zero-order valence-electron chi connectivity index (χ0n) is 12.2. The van der Waals surface area contributed by atoms with Gasteiger partial charge in [-0.3, -0.25) is 4.79 Å². The third-order valence-corrected chi connectivity index (χ3v) is 4.92. The number of nitrogens with two attached hydrogens (primary N) is 1. The highest BCUT2D eigenvalue weighted by molar-refractivity contribution is 7.20. The summed E-state index contributed by atoms with van der Waals surface area (Å²) in [5, 5.41) is 1.04. The Morgan fingerprint density at radius 2 is 2.33 bits per heavy atom. The van der Waals surface area contributed by atoms with Crippen molar-refractivity contribution < 1.29 is 9.53 Å². The normalized spacial score (nSPS) is 19.1. The Kier molecular flexibility index (Phi) is 4.12. The summed E-state index contributed by atoms with van der Waals surface area (Å²) in [6.07, 6.45) is 2.23. The van der Waals surface area contributed by atoms with Gasteiger partial charge in [0.15, 0.2) is 0 Å². The highest BCUT2D eigenvalue weighted by Crippen LogP contribution is 2.29. The van der Waals surface area contributed by atoms with Gasteiger partial charge in [-0.1, -0.05) is 0 Å². The van der Waals surface area contributed by atoms with Gasteiger partial charge in [-0.25, -0.2) is 0 Å². The van der Waals surface area contributed by atoms with Crippen LogP contribution in [0.15, 0.2) is 24.3 Å². The minimum Gasteiger partial charge on any atom is -0.399 e. The second kappa shape index (κ2) is 6.03. The van der Waals surface area contributed by atoms with Gasteiger partial charge in [-0.15, -0.1) is 11.3 Å². The number of likely N-dealkylation sites (tertiary alicyclic amines) is 1. The molecule has 1 aliphatic rings. The number of carbonyl (C=O) groups is 1. The molecular formula is C16H20N2O2S. The van der Waals surface area contributed by atoms with E-state index >= 15 is 0 Å². The third kappa shape index (κ3) is 3.04. The van der Waals surface area contributed by atoms with Crippen LogP contribution in [0.4, 0.5) is 5.69 Å². The average Bonchev–Trinajstić information content (AvgIpc) is 2.90. The Hall–Kier alpha value is -1.59. The standard InChI is InChI=1S/C16H20N2O2S/c1-2-20-13-4-3-7-18(10-13)16(19)15-9-11-8-12(17)5-6-14(11)21-15/h5-6,8-9,13H,2-4,7,10,17H2,1H3. The van der Waals surface area contributed by atoms with E-state index in [0.29, 0.717) is 13.2 Å². The minimum absolute atomic E-state index is 0.110. The fourth-order valence-electron chi connectivity index (χ4n) is 2.82. The van der Waals surface area contributed by atoms with Crippen molar-refractivity contribution >= 4 is 33.0 Å². The predicted octanol–water partition coefficient (Wildman–Crippen LogP) is 3.12. The van der Waals surface area contributed by atoms with Crippen LogP contribution in [-0.2, 0) is 4.74 Å². The van der Waals surface area contributed by atoms with Gasteiger partial charge in [-0.2, -0.15) is 0 Å². The summed E-state index contributed by atoms with van der Waals surface area (Å²) in [4.78, 5) is 15.4. The predicted molar refractivity (Wildman–Crippen MR) is 86.8 cm³/mol. The molecule has 1 saturated heterocycles. The Morgan fingerprint density at radius 3 is 3.14 bits per heavy atom. The number of anilines is 1. The summed E-state index contributed by atoms with van der Waals surface area (Å²) in [5.74, 6) is 0.110. The van der Waals surface area contributed by atoms with Crippen LogP contribution in [-0.4, -0.2) is 36.6 Å². The maximum absolute atomic E-state index is 12.7. The molecule has 1 aromatic carbocycles. The van der Waals surface area contributed by atoms with Crippen LogP contribution < -0.4 is 5.73 Å². The van der Waals surface area contributed by atoms with Crippen molar-refractivity contribution in [2.45, 2.75) is 25.9 Å². The van der Waals surface area contributed by atoms with Crippen molar-refractivity contribution in [1.29, 1.82) is 0 Å². The van der Waals surface area contributed by atoms with Gasteiger partial charge >= 0.3 is 0 Å². The Balaban J connectivity index is 1.79. The number of carbonyl (C=O) groups excluding carboxylic acids is 1. The number of hydrogen-bond donors (Lipinski definition) is 1. The molecule has 112 valence electrons. The topological polar surface area (TPSA) is 55.6 Å². The van der Waals surface area contributed by atoms with Crippen molar-refractivity contribution in [1.82, 2.24) is 4.90 Å². The molecule has 1 amide bonds. The summed E-state index contributed by atoms with van der Waals surface area (Å²) in [6, 6.07) is 7.72. The summed E-state index contributed by atoms with van der Waals surface area (Å²) in [7, 11) is 0. The second-order valence-electron chi connectivity index (χ2n) is 5.38. The summed E-state index contributed by atoms with van der Waals surface area (Å²) in [6.45, 7) is 4.22. The zero-order valence-corrected chi connectivity index (χ0v) is 13.0. The second-order valence-corrected chi connectivity index (χ2v) is 6.46. The molecule has 0 bridgehead atoms. The molecule has 21 heavy (non-hydrogen) atoms. The third-order valence-electron chi connectivity index (χ3n) is 3.82. The van der Waals surface area contributed by atoms with E-state index in [1.165, 1.54) is 11.3 Å². The molecule has 0 spiro atoms. The monoisotopic (exact) mass is 304 g/mol. The molecule has 1 atom stereocenters. The Labute approximate surface area is 128 Å². The number of benzene rings is 1. The highest BCUT2D eigenvalue weighted by atomic mass is 32.1. The van der Waals surface area contributed by atoms with Gasteiger partial charge in [0.25, 0.3) is 5.91 Å². The minimum atomic E-state index is 0.110. The number of piperidine rings is 1. The summed E-state index contributed by atoms with van der Waals surface area (Å²) >= 11 is 1.53. The Morgan fingerprint density at radius 1 is 1.48 bits per heavy atom. The van der Waals surface area contributed by atoms with Crippen LogP contribution in [0, 0.1) is 0 Å². The number of nitrogens with zero attached hydrogens (tertiary/aromatic N) is 1. The van der Waals surface area contributed by atoms with Gasteiger partial charge in [0, 0.05) is 30.1 Å². The first-order valence-corrected chi connectivity index (χ1v) is 8.19. The SMILES string of the molecule is CCOC1CCCN(C(=O)c2cc3cc(N)ccc3s2)C1. The lowest BCUT2D eigenvalue weighted by Crippen LogP contribution is -2.43. The van der Waals surface area contributed by atoms with Crippen LogP contribution in [0.5, 0.6) is 0 Å². The van der Waals surface area contributed by atoms with Crippen LogP contribution in [0.3, 0.4) is 0 Å². The number of amides is 1. The lowest BCUT2D eigenvalue weighted by molar-refractivity contribution is 0.00742. The van der Waals surface area contributed by atoms with Gasteiger partial charge in [0.05, 0.1) is 11.0 Å². The number of fused-ring (bicyclic) bond motifs is 1. The van der Waals surface area contributed by atoms with E-state index in [0.717, 1.165) is 40.0 Å². The molecule has 1 aromatic heterocycles. The van der Waals surface area contributed by atoms with E-state index < -0.39 is 0 Å². The van der Waals surface area contributed by atoms with Gasteiger partial charge in [-0.05, 0) is 49.4 Å². The molecular weight excluding hydrogens is 284 g/mol. The first-order valence-electron chi connectivity index (χ1n) is 7.37. The zero-order chi connectivity index (χ0) is 14.8. The fraction of sp³-hybridized carbons (Fsp3) is 0.438. The van der Waals surface area contributed by atoms with Crippen molar-refractivity contribution in [3.05, 3.63) is 29.1 Å². The number of nitrogen functional groups attached to an aromatic ring is 1. The maximum Gasteiger partial charge on any atom is 0.264 e. The first-order chi connectivity index (χ1) is 10.2. The van der Waals surface area contributed by atoms with Crippen molar-refractivity contribution in [2.24, 2.45) is 0 Å². The molecule has 0 radical (unpaired) electrons. The lowest BCUT2D eigenvalue weighted by Gasteiger charge is -2.32. The summed E-state index contributed by atoms with van der Waals surface area (Å²) < 4.78 is 6.77. The summed E-state index contributed by atoms with van der Waals surface area (Å²) in [5.41, 5.74) is 6.53. The first kappa shape index (κ1) is 14.4. The maximum atomic E-state index is 12.7. The quantitative estimate of drug-likeness (QED) is 0.886. The van der Waals surface area contributed by atoms with Crippen LogP contribution in [0.25, 0.3) is 10.1 Å². The van der Waals surface area contributed by atoms with Crippen molar-refractivity contribution in [2.75, 3.05) is 25.4 Å². The van der Waals surface area contributed by atoms with E-state index in [4.69, 9.17) is 10.5 Å². The Bertz CT molecular complexity index is 651. The van der Waals surface area contributed by atoms with E-state index in [1.807, 2.05) is 36.1 Å². The number of ether oxygens (including phenoxy) is 1. The number of thiophene rings is 1. The lowest BCUT2D eigenvalue weighted by atomic mass is 10.1. The molecule has 2 heterocycles. The fourth-order valence-corrected chi connectivity index (χ4v) is 3.83. The van der Waals surface area contributed by atoms with E-state index in [-0.39, 0.29) is 12.0 Å². The molecule has 1 fully saturated rings. The van der Waals surface area contributed by atoms with Gasteiger partial charge in [0.1, 0.15) is 0 Å². The molecule has 5 heteroatoms. The molecule has 2 aromatic rings. The molecule has 1 unspecified atom stereocenters. The van der Waals surface area contributed by atoms with Crippen LogP contribution >= 0.6 is 11.3 Å². The molecule has 0 aliphatic carbocycles. The molecule has 3 rings (SSSR count). The molecule has 1 aliphatic heterocycles. The highest BCUT2D eigenvalue weighted by Gasteiger charge is 2.25.